The monoisotopic (exact) mass is 499 g/mol. The van der Waals surface area contributed by atoms with E-state index in [2.05, 4.69) is 44.3 Å². The summed E-state index contributed by atoms with van der Waals surface area (Å²) in [6.45, 7) is 2.31. The first-order valence-electron chi connectivity index (χ1n) is 11.1. The Kier molecular flexibility index (Phi) is 7.87. The van der Waals surface area contributed by atoms with Crippen LogP contribution in [-0.4, -0.2) is 22.9 Å². The molecular formula is C26H24F3N3O2S. The van der Waals surface area contributed by atoms with Crippen molar-refractivity contribution in [3.8, 4) is 22.8 Å². The number of aromatic nitrogens is 2. The Labute approximate surface area is 205 Å². The molecule has 4 aromatic rings. The Balaban J connectivity index is 1.40. The fourth-order valence-electron chi connectivity index (χ4n) is 3.38. The maximum Gasteiger partial charge on any atom is 0.573 e. The summed E-state index contributed by atoms with van der Waals surface area (Å²) in [4.78, 5) is 8.61. The molecule has 2 heterocycles. The van der Waals surface area contributed by atoms with E-state index in [0.29, 0.717) is 17.2 Å². The SMILES string of the molecule is Cc1ccc(CCCCOc2cc(Nc3nc(-c4cccnc4)cs3)ccc2OC(F)(F)F)cc1. The molecule has 5 nitrogen and oxygen atoms in total. The number of rotatable bonds is 10. The van der Waals surface area contributed by atoms with Gasteiger partial charge in [-0.2, -0.15) is 0 Å². The van der Waals surface area contributed by atoms with Crippen LogP contribution in [-0.2, 0) is 6.42 Å². The van der Waals surface area contributed by atoms with Crippen molar-refractivity contribution in [2.45, 2.75) is 32.5 Å². The standard InChI is InChI=1S/C26H24F3N3O2S/c1-18-7-9-19(10-8-18)5-2-3-14-33-24-15-21(11-12-23(24)34-26(27,28)29)31-25-32-22(17-35-25)20-6-4-13-30-16-20/h4,6-13,15-17H,2-3,5,14H2,1H3,(H,31,32). The molecule has 0 spiro atoms. The number of pyridine rings is 1. The van der Waals surface area contributed by atoms with Crippen LogP contribution in [0, 0.1) is 6.92 Å². The largest absolute Gasteiger partial charge is 0.573 e. The molecule has 9 heteroatoms. The van der Waals surface area contributed by atoms with Crippen molar-refractivity contribution in [2.24, 2.45) is 0 Å². The van der Waals surface area contributed by atoms with Crippen LogP contribution < -0.4 is 14.8 Å². The lowest BCUT2D eigenvalue weighted by molar-refractivity contribution is -0.275. The summed E-state index contributed by atoms with van der Waals surface area (Å²) >= 11 is 1.38. The number of benzene rings is 2. The molecule has 1 N–H and O–H groups in total. The second kappa shape index (κ2) is 11.2. The number of thiazole rings is 1. The van der Waals surface area contributed by atoms with E-state index in [1.54, 1.807) is 12.4 Å². The topological polar surface area (TPSA) is 56.3 Å². The Morgan fingerprint density at radius 2 is 1.83 bits per heavy atom. The first-order chi connectivity index (χ1) is 16.9. The predicted octanol–water partition coefficient (Wildman–Crippen LogP) is 7.56. The van der Waals surface area contributed by atoms with E-state index in [1.165, 1.54) is 40.7 Å². The maximum absolute atomic E-state index is 12.9. The van der Waals surface area contributed by atoms with Crippen molar-refractivity contribution in [3.63, 3.8) is 0 Å². The Morgan fingerprint density at radius 1 is 1.00 bits per heavy atom. The molecule has 182 valence electrons. The van der Waals surface area contributed by atoms with Gasteiger partial charge in [0.2, 0.25) is 0 Å². The van der Waals surface area contributed by atoms with Gasteiger partial charge in [-0.1, -0.05) is 29.8 Å². The van der Waals surface area contributed by atoms with Crippen LogP contribution in [0.5, 0.6) is 11.5 Å². The average molecular weight is 500 g/mol. The molecule has 0 aliphatic rings. The number of nitrogens with one attached hydrogen (secondary N) is 1. The fourth-order valence-corrected chi connectivity index (χ4v) is 4.12. The minimum absolute atomic E-state index is 0.0201. The third-order valence-electron chi connectivity index (χ3n) is 5.12. The molecule has 0 atom stereocenters. The summed E-state index contributed by atoms with van der Waals surface area (Å²) in [6, 6.07) is 16.2. The minimum atomic E-state index is -4.81. The highest BCUT2D eigenvalue weighted by molar-refractivity contribution is 7.14. The van der Waals surface area contributed by atoms with Crippen LogP contribution in [0.3, 0.4) is 0 Å². The van der Waals surface area contributed by atoms with E-state index in [4.69, 9.17) is 4.74 Å². The molecule has 0 amide bonds. The molecule has 0 radical (unpaired) electrons. The fraction of sp³-hybridized carbons (Fsp3) is 0.231. The molecule has 0 saturated heterocycles. The number of anilines is 2. The molecule has 0 unspecified atom stereocenters. The van der Waals surface area contributed by atoms with Crippen LogP contribution in [0.2, 0.25) is 0 Å². The molecular weight excluding hydrogens is 475 g/mol. The zero-order chi connectivity index (χ0) is 24.7. The Morgan fingerprint density at radius 3 is 2.57 bits per heavy atom. The van der Waals surface area contributed by atoms with E-state index >= 15 is 0 Å². The molecule has 4 rings (SSSR count). The van der Waals surface area contributed by atoms with Crippen LogP contribution in [0.25, 0.3) is 11.3 Å². The van der Waals surface area contributed by atoms with Crippen molar-refractivity contribution >= 4 is 22.2 Å². The lowest BCUT2D eigenvalue weighted by Gasteiger charge is -2.15. The first-order valence-corrected chi connectivity index (χ1v) is 11.9. The zero-order valence-electron chi connectivity index (χ0n) is 19.0. The summed E-state index contributed by atoms with van der Waals surface area (Å²) in [6.07, 6.45) is 1.01. The Bertz CT molecular complexity index is 1230. The van der Waals surface area contributed by atoms with Gasteiger partial charge >= 0.3 is 6.36 Å². The molecule has 0 saturated carbocycles. The molecule has 0 fully saturated rings. The number of halogens is 3. The van der Waals surface area contributed by atoms with Crippen LogP contribution in [0.1, 0.15) is 24.0 Å². The van der Waals surface area contributed by atoms with E-state index in [-0.39, 0.29) is 18.1 Å². The first kappa shape index (κ1) is 24.5. The number of ether oxygens (including phenoxy) is 2. The van der Waals surface area contributed by atoms with Crippen LogP contribution in [0.15, 0.2) is 72.4 Å². The van der Waals surface area contributed by atoms with E-state index in [0.717, 1.165) is 24.1 Å². The van der Waals surface area contributed by atoms with Gasteiger partial charge in [0.1, 0.15) is 0 Å². The molecule has 0 aliphatic carbocycles. The van der Waals surface area contributed by atoms with Crippen molar-refractivity contribution < 1.29 is 22.6 Å². The quantitative estimate of drug-likeness (QED) is 0.228. The van der Waals surface area contributed by atoms with Crippen molar-refractivity contribution in [1.82, 2.24) is 9.97 Å². The van der Waals surface area contributed by atoms with Crippen molar-refractivity contribution in [2.75, 3.05) is 11.9 Å². The van der Waals surface area contributed by atoms with Gasteiger partial charge in [0.15, 0.2) is 16.6 Å². The number of alkyl halides is 3. The number of aryl methyl sites for hydroxylation is 2. The van der Waals surface area contributed by atoms with E-state index < -0.39 is 6.36 Å². The van der Waals surface area contributed by atoms with Crippen molar-refractivity contribution in [3.05, 3.63) is 83.5 Å². The number of unbranched alkanes of at least 4 members (excludes halogenated alkanes) is 1. The Hall–Kier alpha value is -3.59. The van der Waals surface area contributed by atoms with Gasteiger partial charge in [0.25, 0.3) is 0 Å². The third kappa shape index (κ3) is 7.45. The summed E-state index contributed by atoms with van der Waals surface area (Å²) in [5.74, 6) is -0.358. The molecule has 2 aromatic carbocycles. The van der Waals surface area contributed by atoms with Gasteiger partial charge in [0.05, 0.1) is 12.3 Å². The van der Waals surface area contributed by atoms with Gasteiger partial charge in [-0.05, 0) is 56.0 Å². The minimum Gasteiger partial charge on any atom is -0.490 e. The second-order valence-corrected chi connectivity index (χ2v) is 8.76. The third-order valence-corrected chi connectivity index (χ3v) is 5.88. The molecule has 0 aliphatic heterocycles. The molecule has 0 bridgehead atoms. The van der Waals surface area contributed by atoms with Gasteiger partial charge in [-0.25, -0.2) is 4.98 Å². The number of hydrogen-bond acceptors (Lipinski definition) is 6. The maximum atomic E-state index is 12.9. The highest BCUT2D eigenvalue weighted by Gasteiger charge is 2.32. The highest BCUT2D eigenvalue weighted by Crippen LogP contribution is 2.36. The lowest BCUT2D eigenvalue weighted by Crippen LogP contribution is -2.18. The van der Waals surface area contributed by atoms with Gasteiger partial charge < -0.3 is 14.8 Å². The second-order valence-electron chi connectivity index (χ2n) is 7.91. The van der Waals surface area contributed by atoms with Gasteiger partial charge in [-0.15, -0.1) is 24.5 Å². The summed E-state index contributed by atoms with van der Waals surface area (Å²) in [5.41, 5.74) is 4.60. The number of hydrogen-bond donors (Lipinski definition) is 1. The number of nitrogens with zero attached hydrogens (tertiary/aromatic N) is 2. The van der Waals surface area contributed by atoms with Crippen LogP contribution >= 0.6 is 11.3 Å². The van der Waals surface area contributed by atoms with E-state index in [1.807, 2.05) is 24.4 Å². The smallest absolute Gasteiger partial charge is 0.490 e. The van der Waals surface area contributed by atoms with Crippen LogP contribution in [0.4, 0.5) is 24.0 Å². The van der Waals surface area contributed by atoms with Gasteiger partial charge in [0, 0.05) is 35.1 Å². The summed E-state index contributed by atoms with van der Waals surface area (Å²) in [5, 5.41) is 5.60. The normalized spacial score (nSPS) is 11.3. The highest BCUT2D eigenvalue weighted by atomic mass is 32.1. The zero-order valence-corrected chi connectivity index (χ0v) is 19.8. The molecule has 2 aromatic heterocycles. The summed E-state index contributed by atoms with van der Waals surface area (Å²) < 4.78 is 48.5. The average Bonchev–Trinajstić information content (AvgIpc) is 3.30. The molecule has 35 heavy (non-hydrogen) atoms. The lowest BCUT2D eigenvalue weighted by atomic mass is 10.1. The van der Waals surface area contributed by atoms with Crippen molar-refractivity contribution in [1.29, 1.82) is 0 Å². The van der Waals surface area contributed by atoms with E-state index in [9.17, 15) is 13.2 Å². The van der Waals surface area contributed by atoms with Gasteiger partial charge in [-0.3, -0.25) is 4.98 Å². The predicted molar refractivity (Wildman–Crippen MR) is 131 cm³/mol. The summed E-state index contributed by atoms with van der Waals surface area (Å²) in [7, 11) is 0.